The van der Waals surface area contributed by atoms with Gasteiger partial charge in [-0.25, -0.2) is 0 Å². The Labute approximate surface area is 140 Å². The highest BCUT2D eigenvalue weighted by atomic mass is 16.4. The van der Waals surface area contributed by atoms with E-state index in [4.69, 9.17) is 4.42 Å². The third kappa shape index (κ3) is 3.92. The largest absolute Gasteiger partial charge is 0.454 e. The molecule has 0 aliphatic heterocycles. The third-order valence-corrected chi connectivity index (χ3v) is 3.70. The Hall–Kier alpha value is -2.83. The van der Waals surface area contributed by atoms with Crippen molar-refractivity contribution in [3.8, 4) is 0 Å². The van der Waals surface area contributed by atoms with Gasteiger partial charge in [-0.2, -0.15) is 10.2 Å². The van der Waals surface area contributed by atoms with Gasteiger partial charge in [-0.1, -0.05) is 0 Å². The second kappa shape index (κ2) is 7.16. The Bertz CT molecular complexity index is 801. The van der Waals surface area contributed by atoms with Crippen molar-refractivity contribution in [2.45, 2.75) is 33.4 Å². The highest BCUT2D eigenvalue weighted by molar-refractivity contribution is 5.91. The zero-order valence-corrected chi connectivity index (χ0v) is 13.9. The number of carbonyl (C=O) groups excluding carboxylic acids is 1. The molecule has 3 aromatic rings. The first-order valence-electron chi connectivity index (χ1n) is 7.97. The van der Waals surface area contributed by atoms with E-state index in [-0.39, 0.29) is 5.91 Å². The number of hydrogen-bond acceptors (Lipinski definition) is 4. The van der Waals surface area contributed by atoms with Gasteiger partial charge in [0.1, 0.15) is 5.76 Å². The van der Waals surface area contributed by atoms with E-state index in [1.54, 1.807) is 23.0 Å². The van der Waals surface area contributed by atoms with Crippen molar-refractivity contribution in [1.29, 1.82) is 0 Å². The number of hydrogen-bond donors (Lipinski definition) is 1. The Morgan fingerprint density at radius 1 is 1.33 bits per heavy atom. The standard InChI is InChI=1S/C17H21N5O2/c1-13-11-14(2)22(20-13)10-3-7-18-17(23)16-6-5-15(24-16)12-21-9-4-8-19-21/h4-6,8-9,11H,3,7,10,12H2,1-2H3,(H,18,23). The quantitative estimate of drug-likeness (QED) is 0.675. The fourth-order valence-corrected chi connectivity index (χ4v) is 2.56. The molecule has 0 aromatic carbocycles. The van der Waals surface area contributed by atoms with Gasteiger partial charge in [0.05, 0.1) is 12.2 Å². The van der Waals surface area contributed by atoms with Gasteiger partial charge in [0, 0.05) is 31.2 Å². The fraction of sp³-hybridized carbons (Fsp3) is 0.353. The van der Waals surface area contributed by atoms with Crippen LogP contribution in [-0.2, 0) is 13.1 Å². The first kappa shape index (κ1) is 16.0. The highest BCUT2D eigenvalue weighted by Crippen LogP contribution is 2.09. The molecule has 0 saturated heterocycles. The van der Waals surface area contributed by atoms with Gasteiger partial charge >= 0.3 is 0 Å². The molecule has 0 aliphatic carbocycles. The smallest absolute Gasteiger partial charge is 0.286 e. The summed E-state index contributed by atoms with van der Waals surface area (Å²) in [5.41, 5.74) is 2.14. The predicted molar refractivity (Wildman–Crippen MR) is 88.7 cm³/mol. The fourth-order valence-electron chi connectivity index (χ4n) is 2.56. The molecule has 7 nitrogen and oxygen atoms in total. The van der Waals surface area contributed by atoms with Crippen LogP contribution in [0.4, 0.5) is 0 Å². The summed E-state index contributed by atoms with van der Waals surface area (Å²) >= 11 is 0. The van der Waals surface area contributed by atoms with Crippen LogP contribution < -0.4 is 5.32 Å². The second-order valence-electron chi connectivity index (χ2n) is 5.73. The van der Waals surface area contributed by atoms with E-state index in [9.17, 15) is 4.79 Å². The number of aryl methyl sites for hydroxylation is 3. The van der Waals surface area contributed by atoms with Crippen LogP contribution in [0.1, 0.15) is 34.1 Å². The molecule has 24 heavy (non-hydrogen) atoms. The summed E-state index contributed by atoms with van der Waals surface area (Å²) in [6.45, 7) is 5.87. The topological polar surface area (TPSA) is 77.9 Å². The lowest BCUT2D eigenvalue weighted by Crippen LogP contribution is -2.25. The van der Waals surface area contributed by atoms with E-state index >= 15 is 0 Å². The predicted octanol–water partition coefficient (Wildman–Crippen LogP) is 2.16. The summed E-state index contributed by atoms with van der Waals surface area (Å²) in [6, 6.07) is 7.38. The monoisotopic (exact) mass is 327 g/mol. The molecule has 0 spiro atoms. The Kier molecular flexibility index (Phi) is 4.79. The molecular weight excluding hydrogens is 306 g/mol. The Balaban J connectivity index is 1.45. The molecule has 7 heteroatoms. The number of nitrogens with one attached hydrogen (secondary N) is 1. The minimum Gasteiger partial charge on any atom is -0.454 e. The van der Waals surface area contributed by atoms with Crippen molar-refractivity contribution >= 4 is 5.91 Å². The van der Waals surface area contributed by atoms with Crippen LogP contribution in [0.3, 0.4) is 0 Å². The molecule has 0 fully saturated rings. The van der Waals surface area contributed by atoms with Crippen LogP contribution in [0.5, 0.6) is 0 Å². The molecule has 3 aromatic heterocycles. The van der Waals surface area contributed by atoms with Crippen molar-refractivity contribution in [2.75, 3.05) is 6.54 Å². The van der Waals surface area contributed by atoms with Crippen LogP contribution in [0.15, 0.2) is 41.1 Å². The van der Waals surface area contributed by atoms with Gasteiger partial charge in [-0.3, -0.25) is 14.2 Å². The minimum atomic E-state index is -0.199. The van der Waals surface area contributed by atoms with E-state index in [1.165, 1.54) is 0 Å². The zero-order valence-electron chi connectivity index (χ0n) is 13.9. The summed E-state index contributed by atoms with van der Waals surface area (Å²) in [5, 5.41) is 11.4. The molecule has 0 aliphatic rings. The van der Waals surface area contributed by atoms with Gasteiger partial charge in [-0.05, 0) is 44.5 Å². The van der Waals surface area contributed by atoms with Crippen molar-refractivity contribution in [3.05, 3.63) is 59.6 Å². The van der Waals surface area contributed by atoms with Crippen molar-refractivity contribution in [1.82, 2.24) is 24.9 Å². The highest BCUT2D eigenvalue weighted by Gasteiger charge is 2.11. The lowest BCUT2D eigenvalue weighted by atomic mass is 10.3. The molecule has 1 amide bonds. The van der Waals surface area contributed by atoms with Crippen LogP contribution in [0.2, 0.25) is 0 Å². The average molecular weight is 327 g/mol. The summed E-state index contributed by atoms with van der Waals surface area (Å²) in [7, 11) is 0. The summed E-state index contributed by atoms with van der Waals surface area (Å²) in [4.78, 5) is 12.1. The first-order valence-corrected chi connectivity index (χ1v) is 7.97. The summed E-state index contributed by atoms with van der Waals surface area (Å²) in [5.74, 6) is 0.824. The number of furan rings is 1. The molecule has 0 saturated carbocycles. The normalized spacial score (nSPS) is 10.9. The van der Waals surface area contributed by atoms with E-state index in [0.29, 0.717) is 24.6 Å². The number of rotatable bonds is 7. The van der Waals surface area contributed by atoms with Gasteiger partial charge in [0.25, 0.3) is 5.91 Å². The maximum absolute atomic E-state index is 12.1. The van der Waals surface area contributed by atoms with Crippen LogP contribution in [-0.4, -0.2) is 32.0 Å². The first-order chi connectivity index (χ1) is 11.6. The molecule has 0 radical (unpaired) electrons. The summed E-state index contributed by atoms with van der Waals surface area (Å²) < 4.78 is 9.27. The lowest BCUT2D eigenvalue weighted by Gasteiger charge is -2.05. The van der Waals surface area contributed by atoms with E-state index < -0.39 is 0 Å². The molecule has 3 rings (SSSR count). The van der Waals surface area contributed by atoms with E-state index in [0.717, 1.165) is 24.4 Å². The second-order valence-corrected chi connectivity index (χ2v) is 5.73. The summed E-state index contributed by atoms with van der Waals surface area (Å²) in [6.07, 6.45) is 4.37. The zero-order chi connectivity index (χ0) is 16.9. The van der Waals surface area contributed by atoms with E-state index in [1.807, 2.05) is 36.9 Å². The molecule has 1 N–H and O–H groups in total. The molecule has 3 heterocycles. The van der Waals surface area contributed by atoms with Crippen molar-refractivity contribution < 1.29 is 9.21 Å². The number of nitrogens with zero attached hydrogens (tertiary/aromatic N) is 4. The average Bonchev–Trinajstić information content (AvgIpc) is 3.27. The number of carbonyl (C=O) groups is 1. The maximum atomic E-state index is 12.1. The third-order valence-electron chi connectivity index (χ3n) is 3.70. The molecule has 126 valence electrons. The molecule has 0 bridgehead atoms. The molecule has 0 atom stereocenters. The number of aromatic nitrogens is 4. The maximum Gasteiger partial charge on any atom is 0.286 e. The minimum absolute atomic E-state index is 0.199. The van der Waals surface area contributed by atoms with Gasteiger partial charge in [0.2, 0.25) is 0 Å². The van der Waals surface area contributed by atoms with Crippen LogP contribution in [0.25, 0.3) is 0 Å². The molecular formula is C17H21N5O2. The van der Waals surface area contributed by atoms with Gasteiger partial charge in [-0.15, -0.1) is 0 Å². The SMILES string of the molecule is Cc1cc(C)n(CCCNC(=O)c2ccc(Cn3cccn3)o2)n1. The van der Waals surface area contributed by atoms with Gasteiger partial charge < -0.3 is 9.73 Å². The van der Waals surface area contributed by atoms with E-state index in [2.05, 4.69) is 15.5 Å². The van der Waals surface area contributed by atoms with Gasteiger partial charge in [0.15, 0.2) is 5.76 Å². The number of amides is 1. The lowest BCUT2D eigenvalue weighted by molar-refractivity contribution is 0.0923. The Morgan fingerprint density at radius 2 is 2.21 bits per heavy atom. The Morgan fingerprint density at radius 3 is 2.92 bits per heavy atom. The van der Waals surface area contributed by atoms with Crippen molar-refractivity contribution in [3.63, 3.8) is 0 Å². The van der Waals surface area contributed by atoms with Crippen LogP contribution >= 0.6 is 0 Å². The van der Waals surface area contributed by atoms with Crippen molar-refractivity contribution in [2.24, 2.45) is 0 Å². The van der Waals surface area contributed by atoms with Crippen LogP contribution in [0, 0.1) is 13.8 Å². The molecule has 0 unspecified atom stereocenters.